The first kappa shape index (κ1) is 12.3. The number of nitrogens with zero attached hydrogens (tertiary/aromatic N) is 1. The topological polar surface area (TPSA) is 29.3 Å². The summed E-state index contributed by atoms with van der Waals surface area (Å²) in [5.74, 6) is 0. The van der Waals surface area contributed by atoms with Crippen LogP contribution in [-0.4, -0.2) is 7.05 Å². The molecule has 0 amide bonds. The van der Waals surface area contributed by atoms with E-state index in [1.54, 1.807) is 6.07 Å². The van der Waals surface area contributed by atoms with Crippen LogP contribution in [0, 0.1) is 0 Å². The molecule has 0 aliphatic heterocycles. The highest BCUT2D eigenvalue weighted by Crippen LogP contribution is 2.31. The van der Waals surface area contributed by atoms with Crippen LogP contribution in [0.5, 0.6) is 0 Å². The molecule has 88 valence electrons. The summed E-state index contributed by atoms with van der Waals surface area (Å²) in [6, 6.07) is 13.5. The average molecular weight is 312 g/mol. The highest BCUT2D eigenvalue weighted by Gasteiger charge is 2.08. The number of nitrogens with two attached hydrogens (primary N) is 1. The van der Waals surface area contributed by atoms with E-state index in [0.29, 0.717) is 10.7 Å². The van der Waals surface area contributed by atoms with Crippen molar-refractivity contribution in [1.82, 2.24) is 0 Å². The van der Waals surface area contributed by atoms with Gasteiger partial charge in [0.2, 0.25) is 0 Å². The van der Waals surface area contributed by atoms with E-state index in [0.717, 1.165) is 15.8 Å². The molecule has 0 atom stereocenters. The summed E-state index contributed by atoms with van der Waals surface area (Å²) in [6.45, 7) is 0. The Labute approximate surface area is 114 Å². The van der Waals surface area contributed by atoms with Gasteiger partial charge in [0, 0.05) is 22.2 Å². The van der Waals surface area contributed by atoms with Crippen LogP contribution in [0.3, 0.4) is 0 Å². The minimum Gasteiger partial charge on any atom is -0.397 e. The predicted molar refractivity (Wildman–Crippen MR) is 78.1 cm³/mol. The summed E-state index contributed by atoms with van der Waals surface area (Å²) in [7, 11) is 1.97. The molecule has 0 aliphatic rings. The molecule has 2 aromatic carbocycles. The number of nitrogen functional groups attached to an aromatic ring is 1. The molecule has 2 aromatic rings. The van der Waals surface area contributed by atoms with Gasteiger partial charge >= 0.3 is 0 Å². The van der Waals surface area contributed by atoms with E-state index in [9.17, 15) is 0 Å². The number of halogens is 2. The van der Waals surface area contributed by atoms with Crippen molar-refractivity contribution in [1.29, 1.82) is 0 Å². The van der Waals surface area contributed by atoms with Crippen LogP contribution < -0.4 is 10.6 Å². The van der Waals surface area contributed by atoms with Crippen molar-refractivity contribution < 1.29 is 0 Å². The molecular weight excluding hydrogens is 300 g/mol. The summed E-state index contributed by atoms with van der Waals surface area (Å²) in [5, 5.41) is 0.647. The fraction of sp³-hybridized carbons (Fsp3) is 0.0769. The van der Waals surface area contributed by atoms with Crippen LogP contribution in [0.25, 0.3) is 0 Å². The van der Waals surface area contributed by atoms with Crippen molar-refractivity contribution in [3.05, 3.63) is 52.0 Å². The summed E-state index contributed by atoms with van der Waals surface area (Å²) in [6.07, 6.45) is 0. The fourth-order valence-electron chi connectivity index (χ4n) is 1.65. The van der Waals surface area contributed by atoms with Gasteiger partial charge < -0.3 is 10.6 Å². The molecular formula is C13H12BrClN2. The number of anilines is 3. The van der Waals surface area contributed by atoms with E-state index in [2.05, 4.69) is 15.9 Å². The zero-order chi connectivity index (χ0) is 12.4. The number of hydrogen-bond donors (Lipinski definition) is 1. The van der Waals surface area contributed by atoms with E-state index in [4.69, 9.17) is 17.3 Å². The first-order chi connectivity index (χ1) is 8.08. The summed E-state index contributed by atoms with van der Waals surface area (Å²) in [5.41, 5.74) is 8.63. The average Bonchev–Trinajstić information content (AvgIpc) is 2.28. The molecule has 0 saturated carbocycles. The van der Waals surface area contributed by atoms with E-state index < -0.39 is 0 Å². The zero-order valence-electron chi connectivity index (χ0n) is 9.32. The quantitative estimate of drug-likeness (QED) is 0.830. The molecule has 17 heavy (non-hydrogen) atoms. The van der Waals surface area contributed by atoms with E-state index >= 15 is 0 Å². The Balaban J connectivity index is 2.40. The Hall–Kier alpha value is -1.19. The standard InChI is InChI=1S/C13H12BrClN2/c1-17(11-4-2-3-9(14)7-11)13-6-5-10(15)8-12(13)16/h2-8H,16H2,1H3. The van der Waals surface area contributed by atoms with Gasteiger partial charge in [-0.25, -0.2) is 0 Å². The van der Waals surface area contributed by atoms with Gasteiger partial charge in [-0.2, -0.15) is 0 Å². The summed E-state index contributed by atoms with van der Waals surface area (Å²) >= 11 is 9.34. The molecule has 0 fully saturated rings. The van der Waals surface area contributed by atoms with Crippen LogP contribution in [0.15, 0.2) is 46.9 Å². The minimum atomic E-state index is 0.647. The van der Waals surface area contributed by atoms with Gasteiger partial charge in [-0.3, -0.25) is 0 Å². The fourth-order valence-corrected chi connectivity index (χ4v) is 2.22. The van der Waals surface area contributed by atoms with Gasteiger partial charge in [0.05, 0.1) is 11.4 Å². The maximum Gasteiger partial charge on any atom is 0.0642 e. The second kappa shape index (κ2) is 4.98. The molecule has 0 aliphatic carbocycles. The highest BCUT2D eigenvalue weighted by atomic mass is 79.9. The molecule has 0 spiro atoms. The number of benzene rings is 2. The van der Waals surface area contributed by atoms with Gasteiger partial charge in [-0.05, 0) is 36.4 Å². The van der Waals surface area contributed by atoms with Crippen LogP contribution >= 0.6 is 27.5 Å². The lowest BCUT2D eigenvalue weighted by Crippen LogP contribution is -2.11. The molecule has 0 heterocycles. The molecule has 0 aromatic heterocycles. The number of hydrogen-bond acceptors (Lipinski definition) is 2. The summed E-state index contributed by atoms with van der Waals surface area (Å²) in [4.78, 5) is 2.02. The third kappa shape index (κ3) is 2.73. The Morgan fingerprint density at radius 3 is 2.59 bits per heavy atom. The highest BCUT2D eigenvalue weighted by molar-refractivity contribution is 9.10. The molecule has 2 N–H and O–H groups in total. The van der Waals surface area contributed by atoms with Gasteiger partial charge in [0.25, 0.3) is 0 Å². The van der Waals surface area contributed by atoms with Gasteiger partial charge in [0.1, 0.15) is 0 Å². The van der Waals surface area contributed by atoms with Crippen LogP contribution in [0.4, 0.5) is 17.1 Å². The second-order valence-electron chi connectivity index (χ2n) is 3.74. The molecule has 2 rings (SSSR count). The Bertz CT molecular complexity index is 543. The lowest BCUT2D eigenvalue weighted by atomic mass is 10.2. The SMILES string of the molecule is CN(c1cccc(Br)c1)c1ccc(Cl)cc1N. The van der Waals surface area contributed by atoms with Gasteiger partial charge in [0.15, 0.2) is 0 Å². The van der Waals surface area contributed by atoms with Gasteiger partial charge in [-0.15, -0.1) is 0 Å². The third-order valence-electron chi connectivity index (χ3n) is 2.55. The van der Waals surface area contributed by atoms with Crippen LogP contribution in [0.1, 0.15) is 0 Å². The zero-order valence-corrected chi connectivity index (χ0v) is 11.7. The van der Waals surface area contributed by atoms with E-state index in [1.165, 1.54) is 0 Å². The van der Waals surface area contributed by atoms with Crippen molar-refractivity contribution in [2.75, 3.05) is 17.7 Å². The molecule has 0 bridgehead atoms. The van der Waals surface area contributed by atoms with Gasteiger partial charge in [-0.1, -0.05) is 33.6 Å². The molecule has 0 saturated heterocycles. The first-order valence-electron chi connectivity index (χ1n) is 5.12. The lowest BCUT2D eigenvalue weighted by Gasteiger charge is -2.21. The Kier molecular flexibility index (Phi) is 3.60. The normalized spacial score (nSPS) is 10.3. The molecule has 2 nitrogen and oxygen atoms in total. The molecule has 0 unspecified atom stereocenters. The smallest absolute Gasteiger partial charge is 0.0642 e. The van der Waals surface area contributed by atoms with Crippen LogP contribution in [-0.2, 0) is 0 Å². The van der Waals surface area contributed by atoms with Crippen molar-refractivity contribution >= 4 is 44.6 Å². The van der Waals surface area contributed by atoms with Crippen LogP contribution in [0.2, 0.25) is 5.02 Å². The van der Waals surface area contributed by atoms with E-state index in [1.807, 2.05) is 48.3 Å². The third-order valence-corrected chi connectivity index (χ3v) is 3.27. The van der Waals surface area contributed by atoms with Crippen molar-refractivity contribution in [3.8, 4) is 0 Å². The minimum absolute atomic E-state index is 0.647. The Morgan fingerprint density at radius 1 is 1.18 bits per heavy atom. The summed E-state index contributed by atoms with van der Waals surface area (Å²) < 4.78 is 1.04. The predicted octanol–water partition coefficient (Wildman–Crippen LogP) is 4.45. The van der Waals surface area contributed by atoms with Crippen molar-refractivity contribution in [3.63, 3.8) is 0 Å². The Morgan fingerprint density at radius 2 is 1.94 bits per heavy atom. The maximum absolute atomic E-state index is 5.96. The maximum atomic E-state index is 5.96. The van der Waals surface area contributed by atoms with Crippen molar-refractivity contribution in [2.24, 2.45) is 0 Å². The first-order valence-corrected chi connectivity index (χ1v) is 6.29. The van der Waals surface area contributed by atoms with E-state index in [-0.39, 0.29) is 0 Å². The monoisotopic (exact) mass is 310 g/mol. The van der Waals surface area contributed by atoms with Crippen molar-refractivity contribution in [2.45, 2.75) is 0 Å². The molecule has 0 radical (unpaired) electrons. The second-order valence-corrected chi connectivity index (χ2v) is 5.09. The largest absolute Gasteiger partial charge is 0.397 e. The molecule has 4 heteroatoms. The number of rotatable bonds is 2. The lowest BCUT2D eigenvalue weighted by molar-refractivity contribution is 1.21.